The molecule has 0 saturated carbocycles. The van der Waals surface area contributed by atoms with Gasteiger partial charge >= 0.3 is 0 Å². The van der Waals surface area contributed by atoms with Crippen LogP contribution in [0.4, 0.5) is 34.1 Å². The van der Waals surface area contributed by atoms with Crippen molar-refractivity contribution >= 4 is 99.5 Å². The van der Waals surface area contributed by atoms with Gasteiger partial charge in [0.05, 0.1) is 27.8 Å². The van der Waals surface area contributed by atoms with E-state index in [2.05, 4.69) is 302 Å². The molecule has 4 heteroatoms. The summed E-state index contributed by atoms with van der Waals surface area (Å²) in [6, 6.07) is 82.9. The van der Waals surface area contributed by atoms with Crippen LogP contribution in [-0.2, 0) is 16.2 Å². The summed E-state index contributed by atoms with van der Waals surface area (Å²) in [5, 5.41) is 11.6. The second-order valence-corrected chi connectivity index (χ2v) is 25.3. The number of thiophene rings is 1. The Bertz CT molecular complexity index is 4170. The molecular formula is C74H65ClN2S. The Morgan fingerprint density at radius 1 is 0.308 bits per heavy atom. The van der Waals surface area contributed by atoms with Crippen molar-refractivity contribution in [1.82, 2.24) is 0 Å². The number of hydrogen-bond acceptors (Lipinski definition) is 3. The molecule has 0 bridgehead atoms. The summed E-state index contributed by atoms with van der Waals surface area (Å²) >= 11 is 10.1. The fourth-order valence-electron chi connectivity index (χ4n) is 11.2. The third-order valence-corrected chi connectivity index (χ3v) is 17.0. The smallest absolute Gasteiger partial charge is 0.0887 e. The fourth-order valence-corrected chi connectivity index (χ4v) is 12.5. The highest BCUT2D eigenvalue weighted by molar-refractivity contribution is 7.17. The highest BCUT2D eigenvalue weighted by atomic mass is 35.5. The number of anilines is 6. The molecule has 384 valence electrons. The molecule has 0 spiro atoms. The maximum atomic E-state index is 8.28. The highest BCUT2D eigenvalue weighted by Crippen LogP contribution is 2.52. The van der Waals surface area contributed by atoms with Crippen molar-refractivity contribution in [2.24, 2.45) is 0 Å². The Labute approximate surface area is 469 Å². The minimum Gasteiger partial charge on any atom is -0.308 e. The molecule has 0 radical (unpaired) electrons. The zero-order valence-electron chi connectivity index (χ0n) is 46.1. The first kappa shape index (κ1) is 50.8. The maximum absolute atomic E-state index is 8.28. The molecule has 1 aromatic heterocycles. The standard InChI is InChI=1S/C74H65ClN2S/c1-72(2,3)53-34-38-56(39-35-53)76(69-47-78-70-42-37-55(46-65(69)70)74(7,8)9)67-27-18-28-68(71(67)75)77(57-22-17-21-51(43-57)50-31-29-49(30-32-50)48-19-11-10-12-20-48)66-41-36-54(73(4,5)6)45-63(66)52-33-40-62-60-25-14-13-23-58(60)59-24-15-16-26-61(59)64(62)44-52/h10-47H,1-9H3. The van der Waals surface area contributed by atoms with Gasteiger partial charge < -0.3 is 9.80 Å². The summed E-state index contributed by atoms with van der Waals surface area (Å²) in [4.78, 5) is 4.79. The fraction of sp³-hybridized carbons (Fsp3) is 0.162. The summed E-state index contributed by atoms with van der Waals surface area (Å²) in [7, 11) is 0. The molecule has 0 aliphatic rings. The number of halogens is 1. The maximum Gasteiger partial charge on any atom is 0.0887 e. The molecule has 0 aliphatic carbocycles. The number of fused-ring (bicyclic) bond motifs is 7. The van der Waals surface area contributed by atoms with Crippen LogP contribution >= 0.6 is 22.9 Å². The third-order valence-electron chi connectivity index (χ3n) is 15.7. The summed E-state index contributed by atoms with van der Waals surface area (Å²) in [5.74, 6) is 0. The monoisotopic (exact) mass is 1050 g/mol. The van der Waals surface area contributed by atoms with Gasteiger partial charge in [-0.25, -0.2) is 0 Å². The van der Waals surface area contributed by atoms with E-state index in [9.17, 15) is 0 Å². The molecule has 0 fully saturated rings. The van der Waals surface area contributed by atoms with Crippen LogP contribution < -0.4 is 9.80 Å². The molecule has 0 atom stereocenters. The summed E-state index contributed by atoms with van der Waals surface area (Å²) in [5.41, 5.74) is 16.5. The molecule has 78 heavy (non-hydrogen) atoms. The molecule has 12 aromatic rings. The van der Waals surface area contributed by atoms with Crippen molar-refractivity contribution < 1.29 is 0 Å². The molecule has 2 nitrogen and oxygen atoms in total. The van der Waals surface area contributed by atoms with Crippen LogP contribution in [-0.4, -0.2) is 0 Å². The topological polar surface area (TPSA) is 6.48 Å². The first-order chi connectivity index (χ1) is 37.5. The Kier molecular flexibility index (Phi) is 12.9. The Balaban J connectivity index is 1.11. The van der Waals surface area contributed by atoms with E-state index >= 15 is 0 Å². The van der Waals surface area contributed by atoms with E-state index in [1.165, 1.54) is 70.2 Å². The predicted octanol–water partition coefficient (Wildman–Crippen LogP) is 22.8. The van der Waals surface area contributed by atoms with Gasteiger partial charge in [-0.2, -0.15) is 0 Å². The molecular weight excluding hydrogens is 984 g/mol. The van der Waals surface area contributed by atoms with E-state index in [0.29, 0.717) is 5.02 Å². The van der Waals surface area contributed by atoms with E-state index < -0.39 is 0 Å². The van der Waals surface area contributed by atoms with Gasteiger partial charge in [0, 0.05) is 32.4 Å². The molecule has 11 aromatic carbocycles. The summed E-state index contributed by atoms with van der Waals surface area (Å²) in [6.45, 7) is 20.6. The van der Waals surface area contributed by atoms with Crippen LogP contribution in [0, 0.1) is 0 Å². The summed E-state index contributed by atoms with van der Waals surface area (Å²) < 4.78 is 1.23. The minimum absolute atomic E-state index is 0.0112. The first-order valence-electron chi connectivity index (χ1n) is 27.2. The van der Waals surface area contributed by atoms with Gasteiger partial charge in [0.2, 0.25) is 0 Å². The average molecular weight is 1050 g/mol. The second-order valence-electron chi connectivity index (χ2n) is 24.0. The Morgan fingerprint density at radius 3 is 1.40 bits per heavy atom. The van der Waals surface area contributed by atoms with E-state index in [0.717, 1.165) is 56.4 Å². The molecule has 0 unspecified atom stereocenters. The van der Waals surface area contributed by atoms with Crippen molar-refractivity contribution in [3.8, 4) is 33.4 Å². The van der Waals surface area contributed by atoms with Crippen LogP contribution in [0.25, 0.3) is 75.8 Å². The lowest BCUT2D eigenvalue weighted by Crippen LogP contribution is -2.17. The average Bonchev–Trinajstić information content (AvgIpc) is 3.95. The molecule has 0 aliphatic heterocycles. The van der Waals surface area contributed by atoms with Crippen molar-refractivity contribution in [2.45, 2.75) is 78.6 Å². The van der Waals surface area contributed by atoms with Crippen LogP contribution in [0.15, 0.2) is 230 Å². The Morgan fingerprint density at radius 2 is 0.782 bits per heavy atom. The first-order valence-corrected chi connectivity index (χ1v) is 28.5. The highest BCUT2D eigenvalue weighted by Gasteiger charge is 2.28. The van der Waals surface area contributed by atoms with Crippen molar-refractivity contribution in [3.05, 3.63) is 252 Å². The van der Waals surface area contributed by atoms with E-state index in [1.54, 1.807) is 11.3 Å². The molecule has 1 heterocycles. The van der Waals surface area contributed by atoms with Crippen LogP contribution in [0.1, 0.15) is 79.0 Å². The molecule has 0 N–H and O–H groups in total. The quantitative estimate of drug-likeness (QED) is 0.133. The number of hydrogen-bond donors (Lipinski definition) is 0. The number of benzene rings is 11. The van der Waals surface area contributed by atoms with Gasteiger partial charge in [0.15, 0.2) is 0 Å². The van der Waals surface area contributed by atoms with Crippen LogP contribution in [0.2, 0.25) is 5.02 Å². The SMILES string of the molecule is CC(C)(C)c1ccc(N(c2cccc(N(c3cccc(-c4ccc(-c5ccccc5)cc4)c3)c3ccc(C(C)(C)C)cc3-c3ccc4c5ccccc5c5ccccc5c4c3)c2Cl)c2csc3ccc(C(C)(C)C)cc23)cc1. The van der Waals surface area contributed by atoms with Crippen LogP contribution in [0.5, 0.6) is 0 Å². The number of nitrogens with zero attached hydrogens (tertiary/aromatic N) is 2. The van der Waals surface area contributed by atoms with E-state index in [-0.39, 0.29) is 16.2 Å². The van der Waals surface area contributed by atoms with Gasteiger partial charge in [-0.15, -0.1) is 11.3 Å². The lowest BCUT2D eigenvalue weighted by atomic mass is 9.84. The zero-order valence-corrected chi connectivity index (χ0v) is 47.7. The van der Waals surface area contributed by atoms with Crippen molar-refractivity contribution in [1.29, 1.82) is 0 Å². The van der Waals surface area contributed by atoms with Crippen LogP contribution in [0.3, 0.4) is 0 Å². The molecule has 12 rings (SSSR count). The van der Waals surface area contributed by atoms with Gasteiger partial charge in [0.1, 0.15) is 0 Å². The predicted molar refractivity (Wildman–Crippen MR) is 341 cm³/mol. The lowest BCUT2D eigenvalue weighted by molar-refractivity contribution is 0.590. The van der Waals surface area contributed by atoms with Crippen molar-refractivity contribution in [2.75, 3.05) is 9.80 Å². The van der Waals surface area contributed by atoms with Gasteiger partial charge in [-0.1, -0.05) is 232 Å². The van der Waals surface area contributed by atoms with Gasteiger partial charge in [-0.3, -0.25) is 0 Å². The largest absolute Gasteiger partial charge is 0.308 e. The van der Waals surface area contributed by atoms with E-state index in [4.69, 9.17) is 11.6 Å². The zero-order chi connectivity index (χ0) is 54.1. The molecule has 0 saturated heterocycles. The Hall–Kier alpha value is -7.95. The van der Waals surface area contributed by atoms with Gasteiger partial charge in [-0.05, 0) is 160 Å². The summed E-state index contributed by atoms with van der Waals surface area (Å²) in [6.07, 6.45) is 0. The van der Waals surface area contributed by atoms with E-state index in [1.807, 2.05) is 0 Å². The van der Waals surface area contributed by atoms with Gasteiger partial charge in [0.25, 0.3) is 0 Å². The minimum atomic E-state index is -0.125. The molecule has 0 amide bonds. The normalized spacial score (nSPS) is 12.2. The van der Waals surface area contributed by atoms with Crippen molar-refractivity contribution in [3.63, 3.8) is 0 Å². The number of rotatable bonds is 9. The third kappa shape index (κ3) is 9.44. The lowest BCUT2D eigenvalue weighted by Gasteiger charge is -2.33. The second kappa shape index (κ2) is 19.8.